The molecule has 3 N–H and O–H groups in total. The molecule has 0 aliphatic heterocycles. The van der Waals surface area contributed by atoms with E-state index in [9.17, 15) is 23.1 Å². The van der Waals surface area contributed by atoms with Crippen LogP contribution in [0.2, 0.25) is 0 Å². The number of aromatic amines is 1. The second kappa shape index (κ2) is 5.98. The Morgan fingerprint density at radius 3 is 2.72 bits per heavy atom. The fourth-order valence-electron chi connectivity index (χ4n) is 1.10. The molecular formula is C9H12F3N3O2S. The van der Waals surface area contributed by atoms with Gasteiger partial charge in [0.25, 0.3) is 5.91 Å². The summed E-state index contributed by atoms with van der Waals surface area (Å²) in [5.74, 6) is -1.66. The van der Waals surface area contributed by atoms with Crippen molar-refractivity contribution in [2.45, 2.75) is 13.1 Å². The lowest BCUT2D eigenvalue weighted by Crippen LogP contribution is -2.26. The van der Waals surface area contributed by atoms with Crippen LogP contribution in [0.5, 0.6) is 5.75 Å². The summed E-state index contributed by atoms with van der Waals surface area (Å²) < 4.78 is 35.4. The second-order valence-corrected chi connectivity index (χ2v) is 4.56. The number of halogens is 3. The average molecular weight is 283 g/mol. The topological polar surface area (TPSA) is 78.0 Å². The van der Waals surface area contributed by atoms with Crippen molar-refractivity contribution in [1.29, 1.82) is 0 Å². The number of aryl methyl sites for hydroxylation is 1. The summed E-state index contributed by atoms with van der Waals surface area (Å²) in [5, 5.41) is 17.8. The third-order valence-corrected chi connectivity index (χ3v) is 2.96. The van der Waals surface area contributed by atoms with Gasteiger partial charge in [-0.25, -0.2) is 0 Å². The number of carbonyl (C=O) groups excluding carboxylic acids is 1. The number of thioether (sulfide) groups is 1. The first-order chi connectivity index (χ1) is 8.31. The molecule has 0 bridgehead atoms. The third-order valence-electron chi connectivity index (χ3n) is 1.94. The van der Waals surface area contributed by atoms with E-state index >= 15 is 0 Å². The van der Waals surface area contributed by atoms with Crippen molar-refractivity contribution in [1.82, 2.24) is 15.5 Å². The number of carbonyl (C=O) groups is 1. The molecule has 18 heavy (non-hydrogen) atoms. The first kappa shape index (κ1) is 14.7. The van der Waals surface area contributed by atoms with Crippen molar-refractivity contribution in [2.24, 2.45) is 0 Å². The molecule has 0 radical (unpaired) electrons. The van der Waals surface area contributed by atoms with Gasteiger partial charge < -0.3 is 10.4 Å². The normalized spacial score (nSPS) is 11.6. The van der Waals surface area contributed by atoms with E-state index in [4.69, 9.17) is 0 Å². The Morgan fingerprint density at radius 2 is 2.22 bits per heavy atom. The summed E-state index contributed by atoms with van der Waals surface area (Å²) >= 11 is 0.679. The van der Waals surface area contributed by atoms with Crippen LogP contribution in [0.25, 0.3) is 0 Å². The van der Waals surface area contributed by atoms with Gasteiger partial charge in [0.05, 0.1) is 5.75 Å². The molecule has 0 fully saturated rings. The summed E-state index contributed by atoms with van der Waals surface area (Å²) in [5.41, 5.74) is 0.194. The number of H-pyrrole nitrogens is 1. The Balaban J connectivity index is 2.28. The number of amides is 1. The quantitative estimate of drug-likeness (QED) is 0.715. The lowest BCUT2D eigenvalue weighted by Gasteiger charge is -2.06. The zero-order valence-corrected chi connectivity index (χ0v) is 10.3. The molecule has 0 aliphatic carbocycles. The number of hydrogen-bond donors (Lipinski definition) is 3. The van der Waals surface area contributed by atoms with Crippen LogP contribution in [0.4, 0.5) is 13.2 Å². The number of nitrogens with one attached hydrogen (secondary N) is 2. The van der Waals surface area contributed by atoms with E-state index in [1.165, 1.54) is 6.92 Å². The molecule has 1 amide bonds. The monoisotopic (exact) mass is 283 g/mol. The Morgan fingerprint density at radius 1 is 1.56 bits per heavy atom. The highest BCUT2D eigenvalue weighted by Gasteiger charge is 2.26. The van der Waals surface area contributed by atoms with E-state index in [1.54, 1.807) is 0 Å². The van der Waals surface area contributed by atoms with Crippen molar-refractivity contribution in [2.75, 3.05) is 18.1 Å². The van der Waals surface area contributed by atoms with Gasteiger partial charge in [0.15, 0.2) is 11.4 Å². The minimum atomic E-state index is -4.20. The van der Waals surface area contributed by atoms with E-state index in [-0.39, 0.29) is 29.4 Å². The maximum atomic E-state index is 11.8. The summed E-state index contributed by atoms with van der Waals surface area (Å²) in [4.78, 5) is 11.5. The molecule has 0 saturated heterocycles. The van der Waals surface area contributed by atoms with Crippen LogP contribution in [0.1, 0.15) is 16.2 Å². The molecule has 5 nitrogen and oxygen atoms in total. The summed E-state index contributed by atoms with van der Waals surface area (Å²) in [6.07, 6.45) is -4.20. The Kier molecular flexibility index (Phi) is 4.88. The molecule has 0 unspecified atom stereocenters. The summed E-state index contributed by atoms with van der Waals surface area (Å²) in [6.45, 7) is 1.60. The summed E-state index contributed by atoms with van der Waals surface area (Å²) in [6, 6.07) is 0. The van der Waals surface area contributed by atoms with E-state index in [0.717, 1.165) is 0 Å². The average Bonchev–Trinajstić information content (AvgIpc) is 2.57. The number of aromatic nitrogens is 2. The van der Waals surface area contributed by atoms with Crippen LogP contribution < -0.4 is 5.32 Å². The van der Waals surface area contributed by atoms with Crippen molar-refractivity contribution in [3.63, 3.8) is 0 Å². The molecular weight excluding hydrogens is 271 g/mol. The smallest absolute Gasteiger partial charge is 0.397 e. The van der Waals surface area contributed by atoms with Gasteiger partial charge in [-0.05, 0) is 6.92 Å². The molecule has 0 atom stereocenters. The fraction of sp³-hybridized carbons (Fsp3) is 0.556. The zero-order chi connectivity index (χ0) is 13.8. The molecule has 9 heteroatoms. The van der Waals surface area contributed by atoms with E-state index in [1.807, 2.05) is 0 Å². The lowest BCUT2D eigenvalue weighted by atomic mass is 10.3. The van der Waals surface area contributed by atoms with Crippen LogP contribution in [0, 0.1) is 6.92 Å². The molecule has 0 aromatic carbocycles. The number of alkyl halides is 3. The third kappa shape index (κ3) is 4.47. The van der Waals surface area contributed by atoms with Crippen LogP contribution in [0.3, 0.4) is 0 Å². The maximum absolute atomic E-state index is 11.8. The van der Waals surface area contributed by atoms with Gasteiger partial charge in [-0.2, -0.15) is 30.0 Å². The van der Waals surface area contributed by atoms with Gasteiger partial charge in [-0.15, -0.1) is 0 Å². The standard InChI is InChI=1S/C9H12F3N3O2S/c1-5-7(16)6(15-14-5)8(17)13-2-3-18-4-9(10,11)12/h16H,2-4H2,1H3,(H,13,17)(H,14,15). The van der Waals surface area contributed by atoms with Gasteiger partial charge >= 0.3 is 6.18 Å². The largest absolute Gasteiger partial charge is 0.504 e. The van der Waals surface area contributed by atoms with Gasteiger partial charge in [-0.1, -0.05) is 0 Å². The van der Waals surface area contributed by atoms with Crippen molar-refractivity contribution >= 4 is 17.7 Å². The fourth-order valence-corrected chi connectivity index (χ4v) is 1.72. The first-order valence-corrected chi connectivity index (χ1v) is 6.13. The van der Waals surface area contributed by atoms with E-state index in [0.29, 0.717) is 11.8 Å². The first-order valence-electron chi connectivity index (χ1n) is 4.98. The summed E-state index contributed by atoms with van der Waals surface area (Å²) in [7, 11) is 0. The minimum Gasteiger partial charge on any atom is -0.504 e. The van der Waals surface area contributed by atoms with E-state index < -0.39 is 17.8 Å². The molecule has 1 heterocycles. The predicted molar refractivity (Wildman–Crippen MR) is 60.7 cm³/mol. The number of rotatable bonds is 5. The van der Waals surface area contributed by atoms with Gasteiger partial charge in [0.2, 0.25) is 0 Å². The minimum absolute atomic E-state index is 0.0804. The number of nitrogens with zero attached hydrogens (tertiary/aromatic N) is 1. The van der Waals surface area contributed by atoms with Crippen LogP contribution in [-0.4, -0.2) is 45.4 Å². The van der Waals surface area contributed by atoms with Gasteiger partial charge in [-0.3, -0.25) is 9.89 Å². The van der Waals surface area contributed by atoms with Crippen molar-refractivity contribution < 1.29 is 23.1 Å². The molecule has 1 aromatic rings. The molecule has 0 aliphatic rings. The predicted octanol–water partition coefficient (Wildman–Crippen LogP) is 1.45. The van der Waals surface area contributed by atoms with E-state index in [2.05, 4.69) is 15.5 Å². The number of hydrogen-bond acceptors (Lipinski definition) is 4. The zero-order valence-electron chi connectivity index (χ0n) is 9.47. The van der Waals surface area contributed by atoms with Gasteiger partial charge in [0, 0.05) is 12.3 Å². The van der Waals surface area contributed by atoms with Crippen LogP contribution in [-0.2, 0) is 0 Å². The Hall–Kier alpha value is -1.38. The van der Waals surface area contributed by atoms with Crippen molar-refractivity contribution in [3.05, 3.63) is 11.4 Å². The Labute approximate surface area is 105 Å². The highest BCUT2D eigenvalue weighted by atomic mass is 32.2. The molecule has 0 saturated carbocycles. The lowest BCUT2D eigenvalue weighted by molar-refractivity contribution is -0.105. The molecule has 1 aromatic heterocycles. The van der Waals surface area contributed by atoms with Gasteiger partial charge in [0.1, 0.15) is 5.69 Å². The highest BCUT2D eigenvalue weighted by molar-refractivity contribution is 7.99. The van der Waals surface area contributed by atoms with Crippen LogP contribution >= 0.6 is 11.8 Å². The second-order valence-electron chi connectivity index (χ2n) is 3.46. The number of aromatic hydroxyl groups is 1. The molecule has 1 rings (SSSR count). The molecule has 0 spiro atoms. The highest BCUT2D eigenvalue weighted by Crippen LogP contribution is 2.20. The van der Waals surface area contributed by atoms with Crippen LogP contribution in [0.15, 0.2) is 0 Å². The maximum Gasteiger partial charge on any atom is 0.397 e. The SMILES string of the molecule is Cc1n[nH]c(C(=O)NCCSCC(F)(F)F)c1O. The Bertz CT molecular complexity index is 420. The van der Waals surface area contributed by atoms with Crippen molar-refractivity contribution in [3.8, 4) is 5.75 Å². The molecule has 102 valence electrons.